The first-order valence-corrected chi connectivity index (χ1v) is 6.92. The minimum Gasteiger partial charge on any atom is -0.289 e. The molecule has 2 aromatic rings. The summed E-state index contributed by atoms with van der Waals surface area (Å²) in [5.41, 5.74) is -0.284. The molecule has 1 heterocycles. The van der Waals surface area contributed by atoms with E-state index in [0.717, 1.165) is 11.0 Å². The van der Waals surface area contributed by atoms with E-state index in [2.05, 4.69) is 0 Å². The van der Waals surface area contributed by atoms with Gasteiger partial charge in [0.1, 0.15) is 0 Å². The fraction of sp³-hybridized carbons (Fsp3) is 0.133. The largest absolute Gasteiger partial charge is 0.417 e. The van der Waals surface area contributed by atoms with E-state index >= 15 is 0 Å². The zero-order valence-electron chi connectivity index (χ0n) is 10.2. The molecule has 0 unspecified atom stereocenters. The topological polar surface area (TPSA) is 17.1 Å². The predicted molar refractivity (Wildman–Crippen MR) is 70.9 cm³/mol. The number of fused-ring (bicyclic) bond motifs is 2. The molecule has 2 aromatic carbocycles. The summed E-state index contributed by atoms with van der Waals surface area (Å²) in [6, 6.07) is 10.7. The van der Waals surface area contributed by atoms with Gasteiger partial charge in [-0.2, -0.15) is 13.2 Å². The lowest BCUT2D eigenvalue weighted by Crippen LogP contribution is -2.15. The lowest BCUT2D eigenvalue weighted by molar-refractivity contribution is -0.137. The molecule has 1 aliphatic heterocycles. The van der Waals surface area contributed by atoms with Gasteiger partial charge in [-0.3, -0.25) is 4.79 Å². The summed E-state index contributed by atoms with van der Waals surface area (Å²) < 4.78 is 39.3. The van der Waals surface area contributed by atoms with Crippen molar-refractivity contribution in [3.05, 3.63) is 64.7 Å². The fourth-order valence-corrected chi connectivity index (χ4v) is 3.34. The van der Waals surface area contributed by atoms with Crippen LogP contribution in [0.2, 0.25) is 0 Å². The zero-order valence-corrected chi connectivity index (χ0v) is 11.0. The van der Waals surface area contributed by atoms with Crippen LogP contribution in [0, 0.1) is 0 Å². The lowest BCUT2D eigenvalue weighted by atomic mass is 9.94. The average Bonchev–Trinajstić information content (AvgIpc) is 2.56. The first kappa shape index (κ1) is 13.2. The van der Waals surface area contributed by atoms with E-state index < -0.39 is 17.5 Å². The third kappa shape index (κ3) is 2.12. The number of thioether (sulfide) groups is 1. The van der Waals surface area contributed by atoms with Crippen LogP contribution in [0.5, 0.6) is 0 Å². The Morgan fingerprint density at radius 2 is 1.75 bits per heavy atom. The summed E-state index contributed by atoms with van der Waals surface area (Å²) >= 11 is 1.39. The summed E-state index contributed by atoms with van der Waals surface area (Å²) in [5.74, 6) is -0.185. The van der Waals surface area contributed by atoms with E-state index in [-0.39, 0.29) is 5.56 Å². The van der Waals surface area contributed by atoms with E-state index in [1.165, 1.54) is 17.8 Å². The van der Waals surface area contributed by atoms with Gasteiger partial charge in [-0.05, 0) is 23.8 Å². The molecule has 0 fully saturated rings. The Bertz CT molecular complexity index is 692. The Labute approximate surface area is 117 Å². The van der Waals surface area contributed by atoms with E-state index in [1.54, 1.807) is 30.3 Å². The standard InChI is InChI=1S/C15H9F3OS/c16-15(17,18)11-6-3-4-9-8-20-12-7-2-1-5-10(12)14(19)13(9)11/h1-7H,8H2. The third-order valence-corrected chi connectivity index (χ3v) is 4.32. The molecule has 0 aliphatic carbocycles. The highest BCUT2D eigenvalue weighted by Gasteiger charge is 2.37. The van der Waals surface area contributed by atoms with Crippen LogP contribution in [0.3, 0.4) is 0 Å². The Morgan fingerprint density at radius 1 is 1.00 bits per heavy atom. The van der Waals surface area contributed by atoms with Crippen molar-refractivity contribution >= 4 is 17.5 Å². The number of ketones is 1. The van der Waals surface area contributed by atoms with Crippen molar-refractivity contribution in [1.82, 2.24) is 0 Å². The molecule has 20 heavy (non-hydrogen) atoms. The first-order valence-electron chi connectivity index (χ1n) is 5.94. The smallest absolute Gasteiger partial charge is 0.289 e. The Balaban J connectivity index is 2.26. The molecule has 1 nitrogen and oxygen atoms in total. The molecule has 0 radical (unpaired) electrons. The van der Waals surface area contributed by atoms with Gasteiger partial charge in [0.05, 0.1) is 5.56 Å². The second-order valence-electron chi connectivity index (χ2n) is 4.45. The van der Waals surface area contributed by atoms with Gasteiger partial charge in [-0.15, -0.1) is 11.8 Å². The molecule has 0 aromatic heterocycles. The van der Waals surface area contributed by atoms with Crippen LogP contribution in [0.25, 0.3) is 0 Å². The van der Waals surface area contributed by atoms with Crippen LogP contribution in [0.4, 0.5) is 13.2 Å². The second-order valence-corrected chi connectivity index (χ2v) is 5.47. The maximum absolute atomic E-state index is 13.1. The van der Waals surface area contributed by atoms with Gasteiger partial charge in [0, 0.05) is 21.8 Å². The van der Waals surface area contributed by atoms with Crippen LogP contribution in [0.1, 0.15) is 27.0 Å². The van der Waals surface area contributed by atoms with Crippen molar-refractivity contribution in [2.45, 2.75) is 16.8 Å². The number of benzene rings is 2. The monoisotopic (exact) mass is 294 g/mol. The number of rotatable bonds is 0. The van der Waals surface area contributed by atoms with Gasteiger partial charge in [0.2, 0.25) is 0 Å². The van der Waals surface area contributed by atoms with Gasteiger partial charge in [0.15, 0.2) is 5.78 Å². The maximum atomic E-state index is 13.1. The molecule has 3 rings (SSSR count). The second kappa shape index (κ2) is 4.66. The number of carbonyl (C=O) groups is 1. The fourth-order valence-electron chi connectivity index (χ4n) is 2.30. The van der Waals surface area contributed by atoms with Crippen molar-refractivity contribution < 1.29 is 18.0 Å². The molecule has 0 amide bonds. The minimum absolute atomic E-state index is 0.211. The summed E-state index contributed by atoms with van der Waals surface area (Å²) in [5, 5.41) is 0. The molecule has 0 bridgehead atoms. The molecule has 1 aliphatic rings. The van der Waals surface area contributed by atoms with Crippen molar-refractivity contribution in [2.24, 2.45) is 0 Å². The summed E-state index contributed by atoms with van der Waals surface area (Å²) in [6.07, 6.45) is -4.52. The van der Waals surface area contributed by atoms with Crippen LogP contribution < -0.4 is 0 Å². The van der Waals surface area contributed by atoms with Crippen molar-refractivity contribution in [3.8, 4) is 0 Å². The third-order valence-electron chi connectivity index (χ3n) is 3.20. The Morgan fingerprint density at radius 3 is 2.50 bits per heavy atom. The summed E-state index contributed by atoms with van der Waals surface area (Å²) in [6.45, 7) is 0. The Kier molecular flexibility index (Phi) is 3.09. The quantitative estimate of drug-likeness (QED) is 0.709. The average molecular weight is 294 g/mol. The predicted octanol–water partition coefficient (Wildman–Crippen LogP) is 4.54. The highest BCUT2D eigenvalue weighted by molar-refractivity contribution is 7.98. The van der Waals surface area contributed by atoms with E-state index in [0.29, 0.717) is 16.9 Å². The molecule has 0 N–H and O–H groups in total. The normalized spacial score (nSPS) is 14.4. The van der Waals surface area contributed by atoms with Crippen molar-refractivity contribution in [2.75, 3.05) is 0 Å². The zero-order chi connectivity index (χ0) is 14.3. The van der Waals surface area contributed by atoms with Crippen molar-refractivity contribution in [3.63, 3.8) is 0 Å². The SMILES string of the molecule is O=C1c2ccccc2SCc2cccc(C(F)(F)F)c21. The van der Waals surface area contributed by atoms with Gasteiger partial charge in [-0.1, -0.05) is 24.3 Å². The summed E-state index contributed by atoms with van der Waals surface area (Å²) in [7, 11) is 0. The highest BCUT2D eigenvalue weighted by Crippen LogP contribution is 2.39. The Hall–Kier alpha value is -1.75. The molecule has 5 heteroatoms. The highest BCUT2D eigenvalue weighted by atomic mass is 32.2. The van der Waals surface area contributed by atoms with Gasteiger partial charge < -0.3 is 0 Å². The lowest BCUT2D eigenvalue weighted by Gasteiger charge is -2.14. The van der Waals surface area contributed by atoms with Crippen molar-refractivity contribution in [1.29, 1.82) is 0 Å². The van der Waals surface area contributed by atoms with E-state index in [9.17, 15) is 18.0 Å². The molecular formula is C15H9F3OS. The van der Waals surface area contributed by atoms with Crippen LogP contribution >= 0.6 is 11.8 Å². The van der Waals surface area contributed by atoms with Gasteiger partial charge in [0.25, 0.3) is 0 Å². The summed E-state index contributed by atoms with van der Waals surface area (Å²) in [4.78, 5) is 13.2. The molecule has 0 atom stereocenters. The number of halogens is 3. The first-order chi connectivity index (χ1) is 9.48. The van der Waals surface area contributed by atoms with Crippen LogP contribution in [0.15, 0.2) is 47.4 Å². The number of hydrogen-bond acceptors (Lipinski definition) is 2. The minimum atomic E-state index is -4.52. The maximum Gasteiger partial charge on any atom is 0.417 e. The molecule has 0 spiro atoms. The molecular weight excluding hydrogens is 285 g/mol. The van der Waals surface area contributed by atoms with Crippen LogP contribution in [-0.4, -0.2) is 5.78 Å². The van der Waals surface area contributed by atoms with E-state index in [1.807, 2.05) is 0 Å². The number of alkyl halides is 3. The molecule has 0 saturated carbocycles. The van der Waals surface area contributed by atoms with Gasteiger partial charge in [-0.25, -0.2) is 0 Å². The molecule has 0 saturated heterocycles. The number of carbonyl (C=O) groups excluding carboxylic acids is 1. The van der Waals surface area contributed by atoms with Gasteiger partial charge >= 0.3 is 6.18 Å². The van der Waals surface area contributed by atoms with Crippen LogP contribution in [-0.2, 0) is 11.9 Å². The molecule has 102 valence electrons. The van der Waals surface area contributed by atoms with E-state index in [4.69, 9.17) is 0 Å². The number of hydrogen-bond donors (Lipinski definition) is 0.